The normalized spacial score (nSPS) is 10.3. The number of tetrazole rings is 1. The number of nitrogens with zero attached hydrogens (tertiary/aromatic N) is 4. The molecule has 2 aromatic carbocycles. The number of benzene rings is 2. The molecule has 0 fully saturated rings. The highest BCUT2D eigenvalue weighted by atomic mass is 16.5. The van der Waals surface area contributed by atoms with Crippen LogP contribution in [0.25, 0.3) is 5.69 Å². The Balaban J connectivity index is 1.70. The predicted molar refractivity (Wildman–Crippen MR) is 76.5 cm³/mol. The van der Waals surface area contributed by atoms with Crippen LogP contribution in [0.5, 0.6) is 11.8 Å². The number of methoxy groups -OCH3 is 1. The zero-order chi connectivity index (χ0) is 14.5. The Hall–Kier alpha value is -2.89. The van der Waals surface area contributed by atoms with Gasteiger partial charge in [0.15, 0.2) is 0 Å². The largest absolute Gasteiger partial charge is 0.489 e. The number of rotatable bonds is 5. The van der Waals surface area contributed by atoms with Crippen molar-refractivity contribution >= 4 is 0 Å². The first-order valence-corrected chi connectivity index (χ1v) is 6.46. The van der Waals surface area contributed by atoms with E-state index in [1.165, 1.54) is 11.8 Å². The van der Waals surface area contributed by atoms with Crippen molar-refractivity contribution in [3.63, 3.8) is 0 Å². The minimum Gasteiger partial charge on any atom is -0.489 e. The lowest BCUT2D eigenvalue weighted by atomic mass is 10.2. The SMILES string of the molecule is COc1nnnn1-c1ccc(OCc2ccccc2)cc1. The van der Waals surface area contributed by atoms with Crippen LogP contribution >= 0.6 is 0 Å². The molecule has 0 radical (unpaired) electrons. The van der Waals surface area contributed by atoms with E-state index in [-0.39, 0.29) is 0 Å². The van der Waals surface area contributed by atoms with Crippen molar-refractivity contribution < 1.29 is 9.47 Å². The van der Waals surface area contributed by atoms with Gasteiger partial charge < -0.3 is 9.47 Å². The van der Waals surface area contributed by atoms with Crippen molar-refractivity contribution in [3.8, 4) is 17.4 Å². The molecule has 0 saturated carbocycles. The number of hydrogen-bond acceptors (Lipinski definition) is 5. The predicted octanol–water partition coefficient (Wildman–Crippen LogP) is 2.25. The summed E-state index contributed by atoms with van der Waals surface area (Å²) >= 11 is 0. The molecule has 21 heavy (non-hydrogen) atoms. The molecule has 0 bridgehead atoms. The van der Waals surface area contributed by atoms with Crippen LogP contribution in [-0.2, 0) is 6.61 Å². The fourth-order valence-corrected chi connectivity index (χ4v) is 1.89. The maximum Gasteiger partial charge on any atom is 0.340 e. The van der Waals surface area contributed by atoms with Crippen molar-refractivity contribution in [2.75, 3.05) is 7.11 Å². The Morgan fingerprint density at radius 2 is 1.76 bits per heavy atom. The second-order valence-electron chi connectivity index (χ2n) is 4.35. The molecule has 0 aliphatic heterocycles. The molecule has 0 N–H and O–H groups in total. The topological polar surface area (TPSA) is 62.1 Å². The molecular formula is C15H14N4O2. The van der Waals surface area contributed by atoms with Crippen molar-refractivity contribution in [1.82, 2.24) is 20.2 Å². The molecule has 0 atom stereocenters. The summed E-state index contributed by atoms with van der Waals surface area (Å²) in [6, 6.07) is 17.9. The highest BCUT2D eigenvalue weighted by Crippen LogP contribution is 2.18. The van der Waals surface area contributed by atoms with E-state index in [1.807, 2.05) is 54.6 Å². The summed E-state index contributed by atoms with van der Waals surface area (Å²) in [7, 11) is 1.53. The van der Waals surface area contributed by atoms with Gasteiger partial charge in [0, 0.05) is 0 Å². The monoisotopic (exact) mass is 282 g/mol. The van der Waals surface area contributed by atoms with E-state index in [9.17, 15) is 0 Å². The molecular weight excluding hydrogens is 268 g/mol. The summed E-state index contributed by atoms with van der Waals surface area (Å²) in [5, 5.41) is 11.2. The molecule has 6 nitrogen and oxygen atoms in total. The van der Waals surface area contributed by atoms with Gasteiger partial charge >= 0.3 is 6.01 Å². The molecule has 1 heterocycles. The molecule has 106 valence electrons. The molecule has 0 saturated heterocycles. The van der Waals surface area contributed by atoms with Crippen LogP contribution in [0.2, 0.25) is 0 Å². The Morgan fingerprint density at radius 3 is 2.48 bits per heavy atom. The fraction of sp³-hybridized carbons (Fsp3) is 0.133. The van der Waals surface area contributed by atoms with Gasteiger partial charge in [0.05, 0.1) is 12.8 Å². The van der Waals surface area contributed by atoms with Crippen LogP contribution < -0.4 is 9.47 Å². The average Bonchev–Trinajstić information content (AvgIpc) is 3.03. The first-order valence-electron chi connectivity index (χ1n) is 6.46. The van der Waals surface area contributed by atoms with Gasteiger partial charge in [-0.3, -0.25) is 0 Å². The summed E-state index contributed by atoms with van der Waals surface area (Å²) in [5.41, 5.74) is 1.94. The lowest BCUT2D eigenvalue weighted by Gasteiger charge is -2.07. The standard InChI is InChI=1S/C15H14N4O2/c1-20-15-16-17-18-19(15)13-7-9-14(10-8-13)21-11-12-5-3-2-4-6-12/h2-10H,11H2,1H3. The highest BCUT2D eigenvalue weighted by Gasteiger charge is 2.07. The smallest absolute Gasteiger partial charge is 0.340 e. The van der Waals surface area contributed by atoms with E-state index in [4.69, 9.17) is 9.47 Å². The summed E-state index contributed by atoms with van der Waals surface area (Å²) in [6.07, 6.45) is 0. The van der Waals surface area contributed by atoms with Crippen LogP contribution in [0.3, 0.4) is 0 Å². The van der Waals surface area contributed by atoms with E-state index in [2.05, 4.69) is 15.5 Å². The van der Waals surface area contributed by atoms with Crippen LogP contribution in [0.1, 0.15) is 5.56 Å². The molecule has 6 heteroatoms. The average molecular weight is 282 g/mol. The molecule has 0 spiro atoms. The summed E-state index contributed by atoms with van der Waals surface area (Å²) in [5.74, 6) is 0.787. The third kappa shape index (κ3) is 3.00. The van der Waals surface area contributed by atoms with Gasteiger partial charge in [-0.05, 0) is 40.3 Å². The van der Waals surface area contributed by atoms with Crippen molar-refractivity contribution in [3.05, 3.63) is 60.2 Å². The van der Waals surface area contributed by atoms with Crippen molar-refractivity contribution in [1.29, 1.82) is 0 Å². The van der Waals surface area contributed by atoms with Crippen molar-refractivity contribution in [2.45, 2.75) is 6.61 Å². The Kier molecular flexibility index (Phi) is 3.77. The van der Waals surface area contributed by atoms with Gasteiger partial charge in [-0.1, -0.05) is 35.4 Å². The Bertz CT molecular complexity index is 695. The lowest BCUT2D eigenvalue weighted by Crippen LogP contribution is -2.01. The highest BCUT2D eigenvalue weighted by molar-refractivity contribution is 5.37. The van der Waals surface area contributed by atoms with E-state index in [1.54, 1.807) is 0 Å². The van der Waals surface area contributed by atoms with E-state index in [0.717, 1.165) is 17.0 Å². The van der Waals surface area contributed by atoms with E-state index >= 15 is 0 Å². The second kappa shape index (κ2) is 6.04. The molecule has 0 amide bonds. The van der Waals surface area contributed by atoms with Crippen LogP contribution in [-0.4, -0.2) is 27.3 Å². The maximum atomic E-state index is 5.73. The van der Waals surface area contributed by atoms with Crippen LogP contribution in [0.15, 0.2) is 54.6 Å². The molecule has 0 aliphatic rings. The first-order chi connectivity index (χ1) is 10.4. The van der Waals surface area contributed by atoms with Gasteiger partial charge in [0.2, 0.25) is 0 Å². The van der Waals surface area contributed by atoms with Crippen LogP contribution in [0, 0.1) is 0 Å². The van der Waals surface area contributed by atoms with Crippen LogP contribution in [0.4, 0.5) is 0 Å². The minimum atomic E-state index is 0.341. The molecule has 3 rings (SSSR count). The Morgan fingerprint density at radius 1 is 1.00 bits per heavy atom. The third-order valence-corrected chi connectivity index (χ3v) is 2.95. The van der Waals surface area contributed by atoms with Gasteiger partial charge in [-0.15, -0.1) is 0 Å². The first kappa shape index (κ1) is 13.1. The van der Waals surface area contributed by atoms with E-state index < -0.39 is 0 Å². The number of aromatic nitrogens is 4. The van der Waals surface area contributed by atoms with Gasteiger partial charge in [0.1, 0.15) is 12.4 Å². The Labute approximate surface area is 121 Å². The number of hydrogen-bond donors (Lipinski definition) is 0. The lowest BCUT2D eigenvalue weighted by molar-refractivity contribution is 0.306. The quantitative estimate of drug-likeness (QED) is 0.718. The zero-order valence-corrected chi connectivity index (χ0v) is 11.5. The summed E-state index contributed by atoms with van der Waals surface area (Å²) in [4.78, 5) is 0. The summed E-state index contributed by atoms with van der Waals surface area (Å²) in [6.45, 7) is 0.536. The maximum absolute atomic E-state index is 5.73. The van der Waals surface area contributed by atoms with E-state index in [0.29, 0.717) is 12.6 Å². The zero-order valence-electron chi connectivity index (χ0n) is 11.5. The molecule has 0 aliphatic carbocycles. The minimum absolute atomic E-state index is 0.341. The second-order valence-corrected chi connectivity index (χ2v) is 4.35. The number of ether oxygens (including phenoxy) is 2. The molecule has 1 aromatic heterocycles. The fourth-order valence-electron chi connectivity index (χ4n) is 1.89. The van der Waals surface area contributed by atoms with Gasteiger partial charge in [-0.25, -0.2) is 0 Å². The van der Waals surface area contributed by atoms with Gasteiger partial charge in [0.25, 0.3) is 0 Å². The van der Waals surface area contributed by atoms with Crippen molar-refractivity contribution in [2.24, 2.45) is 0 Å². The third-order valence-electron chi connectivity index (χ3n) is 2.95. The molecule has 3 aromatic rings. The van der Waals surface area contributed by atoms with Gasteiger partial charge in [-0.2, -0.15) is 4.68 Å². The molecule has 0 unspecified atom stereocenters. The summed E-state index contributed by atoms with van der Waals surface area (Å²) < 4.78 is 12.3.